The van der Waals surface area contributed by atoms with Crippen LogP contribution in [0.15, 0.2) is 77.1 Å². The number of fused-ring (bicyclic) bond motifs is 1. The monoisotopic (exact) mass is 591 g/mol. The summed E-state index contributed by atoms with van der Waals surface area (Å²) in [5.41, 5.74) is 3.08. The fourth-order valence-electron chi connectivity index (χ4n) is 4.70. The minimum Gasteiger partial charge on any atom is -0.497 e. The number of amides is 1. The molecule has 3 aromatic carbocycles. The Morgan fingerprint density at radius 2 is 1.71 bits per heavy atom. The van der Waals surface area contributed by atoms with Crippen LogP contribution in [0, 0.1) is 5.82 Å². The molecule has 0 saturated carbocycles. The number of anilines is 2. The van der Waals surface area contributed by atoms with Gasteiger partial charge in [-0.25, -0.2) is 9.07 Å². The van der Waals surface area contributed by atoms with Gasteiger partial charge in [0.2, 0.25) is 16.9 Å². The van der Waals surface area contributed by atoms with E-state index in [-0.39, 0.29) is 11.7 Å². The van der Waals surface area contributed by atoms with Gasteiger partial charge in [-0.05, 0) is 66.6 Å². The second kappa shape index (κ2) is 12.4. The lowest BCUT2D eigenvalue weighted by molar-refractivity contribution is -0.113. The van der Waals surface area contributed by atoms with E-state index in [0.29, 0.717) is 62.4 Å². The number of rotatable bonds is 10. The van der Waals surface area contributed by atoms with Crippen LogP contribution in [0.5, 0.6) is 23.0 Å². The number of benzene rings is 3. The molecule has 4 aromatic rings. The van der Waals surface area contributed by atoms with Gasteiger partial charge < -0.3 is 29.6 Å². The summed E-state index contributed by atoms with van der Waals surface area (Å²) in [5.74, 6) is 2.24. The molecule has 2 heterocycles. The van der Waals surface area contributed by atoms with Crippen molar-refractivity contribution < 1.29 is 28.1 Å². The zero-order valence-electron chi connectivity index (χ0n) is 23.7. The lowest BCUT2D eigenvalue weighted by atomic mass is 9.94. The molecule has 0 fully saturated rings. The number of nitrogens with one attached hydrogen (secondary N) is 2. The fraction of sp³-hybridized carbons (Fsp3) is 0.233. The van der Waals surface area contributed by atoms with Crippen molar-refractivity contribution >= 4 is 29.3 Å². The lowest BCUT2D eigenvalue weighted by Crippen LogP contribution is -2.31. The summed E-state index contributed by atoms with van der Waals surface area (Å²) in [5, 5.41) is 11.4. The van der Waals surface area contributed by atoms with E-state index in [1.165, 1.54) is 45.2 Å². The van der Waals surface area contributed by atoms with Crippen molar-refractivity contribution in [1.29, 1.82) is 0 Å². The van der Waals surface area contributed by atoms with Crippen LogP contribution >= 0.6 is 11.8 Å². The number of carbonyl (C=O) groups is 1. The van der Waals surface area contributed by atoms with Gasteiger partial charge in [0.05, 0.1) is 34.0 Å². The lowest BCUT2D eigenvalue weighted by Gasteiger charge is -2.29. The number of thioether (sulfide) groups is 1. The highest BCUT2D eigenvalue weighted by Gasteiger charge is 2.35. The molecule has 0 unspecified atom stereocenters. The Kier molecular flexibility index (Phi) is 8.53. The van der Waals surface area contributed by atoms with Crippen LogP contribution in [-0.4, -0.2) is 49.1 Å². The van der Waals surface area contributed by atoms with Gasteiger partial charge in [0.15, 0.2) is 11.5 Å². The Labute approximate surface area is 246 Å². The summed E-state index contributed by atoms with van der Waals surface area (Å²) in [6, 6.07) is 16.3. The summed E-state index contributed by atoms with van der Waals surface area (Å²) in [6.45, 7) is 1.81. The molecule has 1 amide bonds. The minimum atomic E-state index is -0.704. The topological polar surface area (TPSA) is 109 Å². The SMILES string of the molecule is COc1ccc(NC(=O)C2=C(C)Nc3nc(SCc4cccc(F)c4)nn3[C@@H]2c2cc(OC)c(OC)c(OC)c2)cc1. The molecular formula is C30H30FN5O5S. The highest BCUT2D eigenvalue weighted by atomic mass is 32.2. The zero-order valence-corrected chi connectivity index (χ0v) is 24.5. The van der Waals surface area contributed by atoms with Crippen molar-refractivity contribution in [3.05, 3.63) is 88.9 Å². The Hall–Kier alpha value is -4.71. The van der Waals surface area contributed by atoms with Crippen molar-refractivity contribution in [2.45, 2.75) is 23.9 Å². The van der Waals surface area contributed by atoms with Gasteiger partial charge in [0.1, 0.15) is 17.6 Å². The summed E-state index contributed by atoms with van der Waals surface area (Å²) in [4.78, 5) is 18.6. The number of halogens is 1. The quantitative estimate of drug-likeness (QED) is 0.226. The second-order valence-electron chi connectivity index (χ2n) is 9.29. The third-order valence-corrected chi connectivity index (χ3v) is 7.59. The van der Waals surface area contributed by atoms with Crippen molar-refractivity contribution in [2.24, 2.45) is 0 Å². The van der Waals surface area contributed by atoms with E-state index < -0.39 is 6.04 Å². The van der Waals surface area contributed by atoms with E-state index in [2.05, 4.69) is 15.6 Å². The van der Waals surface area contributed by atoms with E-state index >= 15 is 0 Å². The van der Waals surface area contributed by atoms with Crippen LogP contribution in [0.2, 0.25) is 0 Å². The third kappa shape index (κ3) is 5.84. The van der Waals surface area contributed by atoms with Crippen molar-refractivity contribution in [3.63, 3.8) is 0 Å². The maximum absolute atomic E-state index is 13.9. The Morgan fingerprint density at radius 3 is 2.33 bits per heavy atom. The number of hydrogen-bond donors (Lipinski definition) is 2. The molecule has 0 bridgehead atoms. The number of carbonyl (C=O) groups excluding carboxylic acids is 1. The molecule has 42 heavy (non-hydrogen) atoms. The Morgan fingerprint density at radius 1 is 1.00 bits per heavy atom. The molecule has 5 rings (SSSR count). The van der Waals surface area contributed by atoms with Crippen LogP contribution in [-0.2, 0) is 10.5 Å². The van der Waals surface area contributed by atoms with Crippen molar-refractivity contribution in [3.8, 4) is 23.0 Å². The summed E-state index contributed by atoms with van der Waals surface area (Å²) < 4.78 is 37.4. The molecular weight excluding hydrogens is 561 g/mol. The first-order chi connectivity index (χ1) is 20.3. The first kappa shape index (κ1) is 28.8. The average Bonchev–Trinajstić information content (AvgIpc) is 3.41. The molecule has 0 aliphatic carbocycles. The maximum atomic E-state index is 13.9. The predicted molar refractivity (Wildman–Crippen MR) is 158 cm³/mol. The smallest absolute Gasteiger partial charge is 0.255 e. The molecule has 0 saturated heterocycles. The van der Waals surface area contributed by atoms with E-state index in [1.807, 2.05) is 13.0 Å². The standard InChI is InChI=1S/C30H30FN5O5S/c1-17-25(28(37)33-21-9-11-22(38-2)12-10-21)26(19-14-23(39-3)27(41-5)24(15-19)40-4)36-29(32-17)34-30(35-36)42-16-18-7-6-8-20(31)13-18/h6-15,26H,16H2,1-5H3,(H,33,37)(H,32,34,35)/t26-/m1/s1. The molecule has 0 spiro atoms. The number of allylic oxidation sites excluding steroid dienone is 1. The maximum Gasteiger partial charge on any atom is 0.255 e. The number of nitrogens with zero attached hydrogens (tertiary/aromatic N) is 3. The van der Waals surface area contributed by atoms with Gasteiger partial charge in [-0.3, -0.25) is 4.79 Å². The van der Waals surface area contributed by atoms with Gasteiger partial charge >= 0.3 is 0 Å². The van der Waals surface area contributed by atoms with E-state index in [0.717, 1.165) is 5.56 Å². The molecule has 0 radical (unpaired) electrons. The van der Waals surface area contributed by atoms with Gasteiger partial charge in [-0.1, -0.05) is 23.9 Å². The summed E-state index contributed by atoms with van der Waals surface area (Å²) in [7, 11) is 6.17. The van der Waals surface area contributed by atoms with E-state index in [9.17, 15) is 9.18 Å². The van der Waals surface area contributed by atoms with Gasteiger partial charge in [0, 0.05) is 17.1 Å². The van der Waals surface area contributed by atoms with E-state index in [4.69, 9.17) is 24.0 Å². The summed E-state index contributed by atoms with van der Waals surface area (Å²) in [6.07, 6.45) is 0. The van der Waals surface area contributed by atoms with Crippen molar-refractivity contribution in [1.82, 2.24) is 14.8 Å². The molecule has 1 atom stereocenters. The number of methoxy groups -OCH3 is 4. The molecule has 12 heteroatoms. The van der Waals surface area contributed by atoms with Crippen LogP contribution in [0.4, 0.5) is 16.0 Å². The van der Waals surface area contributed by atoms with Crippen molar-refractivity contribution in [2.75, 3.05) is 39.1 Å². The average molecular weight is 592 g/mol. The Balaban J connectivity index is 1.56. The molecule has 10 nitrogen and oxygen atoms in total. The molecule has 2 N–H and O–H groups in total. The first-order valence-corrected chi connectivity index (χ1v) is 13.9. The second-order valence-corrected chi connectivity index (χ2v) is 10.2. The largest absolute Gasteiger partial charge is 0.497 e. The molecule has 218 valence electrons. The minimum absolute atomic E-state index is 0.304. The van der Waals surface area contributed by atoms with Gasteiger partial charge in [-0.15, -0.1) is 5.10 Å². The predicted octanol–water partition coefficient (Wildman–Crippen LogP) is 5.67. The third-order valence-electron chi connectivity index (χ3n) is 6.69. The molecule has 1 aliphatic heterocycles. The number of hydrogen-bond acceptors (Lipinski definition) is 9. The van der Waals surface area contributed by atoms with Gasteiger partial charge in [-0.2, -0.15) is 4.98 Å². The zero-order chi connectivity index (χ0) is 29.8. The Bertz CT molecular complexity index is 1610. The van der Waals surface area contributed by atoms with Crippen LogP contribution in [0.3, 0.4) is 0 Å². The number of ether oxygens (including phenoxy) is 4. The molecule has 1 aromatic heterocycles. The summed E-state index contributed by atoms with van der Waals surface area (Å²) >= 11 is 1.36. The number of aromatic nitrogens is 3. The van der Waals surface area contributed by atoms with Gasteiger partial charge in [0.25, 0.3) is 5.91 Å². The highest BCUT2D eigenvalue weighted by Crippen LogP contribution is 2.44. The van der Waals surface area contributed by atoms with Crippen LogP contribution in [0.1, 0.15) is 24.1 Å². The van der Waals surface area contributed by atoms with Crippen LogP contribution < -0.4 is 29.6 Å². The van der Waals surface area contributed by atoms with E-state index in [1.54, 1.807) is 54.3 Å². The van der Waals surface area contributed by atoms with Crippen LogP contribution in [0.25, 0.3) is 0 Å². The highest BCUT2D eigenvalue weighted by molar-refractivity contribution is 7.98. The fourth-order valence-corrected chi connectivity index (χ4v) is 5.47. The first-order valence-electron chi connectivity index (χ1n) is 12.9. The normalized spacial score (nSPS) is 14.1. The molecule has 1 aliphatic rings.